The van der Waals surface area contributed by atoms with Gasteiger partial charge in [-0.2, -0.15) is 0 Å². The van der Waals surface area contributed by atoms with Gasteiger partial charge in [0.05, 0.1) is 0 Å². The summed E-state index contributed by atoms with van der Waals surface area (Å²) in [5.41, 5.74) is 7.88. The van der Waals surface area contributed by atoms with Crippen molar-refractivity contribution in [3.05, 3.63) is 17.5 Å². The smallest absolute Gasteiger partial charge is 0.225 e. The molecule has 0 radical (unpaired) electrons. The summed E-state index contributed by atoms with van der Waals surface area (Å²) in [4.78, 5) is 11.0. The van der Waals surface area contributed by atoms with Crippen molar-refractivity contribution in [1.29, 1.82) is 0 Å². The summed E-state index contributed by atoms with van der Waals surface area (Å²) in [6, 6.07) is 2.26. The molecular formula is C10H16N4. The van der Waals surface area contributed by atoms with Crippen molar-refractivity contribution in [3.63, 3.8) is 0 Å². The number of anilines is 1. The Morgan fingerprint density at radius 1 is 1.36 bits per heavy atom. The first kappa shape index (κ1) is 9.40. The first-order chi connectivity index (χ1) is 6.65. The predicted octanol–water partition coefficient (Wildman–Crippen LogP) is 0.631. The molecule has 0 aromatic carbocycles. The second kappa shape index (κ2) is 3.53. The molecule has 0 saturated carbocycles. The number of hydrogen-bond donors (Lipinski definition) is 1. The van der Waals surface area contributed by atoms with E-state index in [0.29, 0.717) is 0 Å². The number of aromatic nitrogens is 2. The van der Waals surface area contributed by atoms with E-state index in [0.717, 1.165) is 36.8 Å². The molecule has 2 rings (SSSR count). The monoisotopic (exact) mass is 192 g/mol. The number of nitrogens with two attached hydrogens (primary N) is 1. The standard InChI is InChI=1S/C10H16N4/c1-7-5-8(2)13-10(12-7)14-4-3-9(11)6-14/h5,9H,3-4,6,11H2,1-2H3/t9-/m0/s1. The summed E-state index contributed by atoms with van der Waals surface area (Å²) in [6.45, 7) is 5.84. The molecule has 1 aliphatic rings. The molecule has 1 fully saturated rings. The molecule has 0 unspecified atom stereocenters. The third kappa shape index (κ3) is 1.85. The second-order valence-corrected chi connectivity index (χ2v) is 3.95. The van der Waals surface area contributed by atoms with E-state index >= 15 is 0 Å². The van der Waals surface area contributed by atoms with Gasteiger partial charge in [-0.1, -0.05) is 0 Å². The van der Waals surface area contributed by atoms with E-state index in [1.165, 1.54) is 0 Å². The number of hydrogen-bond acceptors (Lipinski definition) is 4. The van der Waals surface area contributed by atoms with E-state index in [-0.39, 0.29) is 6.04 Å². The Hall–Kier alpha value is -1.16. The minimum atomic E-state index is 0.277. The van der Waals surface area contributed by atoms with Gasteiger partial charge in [-0.3, -0.25) is 0 Å². The lowest BCUT2D eigenvalue weighted by atomic mass is 10.3. The summed E-state index contributed by atoms with van der Waals surface area (Å²) in [5.74, 6) is 0.829. The van der Waals surface area contributed by atoms with Crippen molar-refractivity contribution < 1.29 is 0 Å². The van der Waals surface area contributed by atoms with Crippen LogP contribution in [0, 0.1) is 13.8 Å². The van der Waals surface area contributed by atoms with E-state index in [9.17, 15) is 0 Å². The van der Waals surface area contributed by atoms with Gasteiger partial charge < -0.3 is 10.6 Å². The number of nitrogens with zero attached hydrogens (tertiary/aromatic N) is 3. The van der Waals surface area contributed by atoms with Crippen LogP contribution in [0.2, 0.25) is 0 Å². The van der Waals surface area contributed by atoms with Gasteiger partial charge in [0.1, 0.15) is 0 Å². The van der Waals surface area contributed by atoms with Crippen LogP contribution in [0.5, 0.6) is 0 Å². The Kier molecular flexibility index (Phi) is 2.37. The highest BCUT2D eigenvalue weighted by atomic mass is 15.3. The molecule has 2 heterocycles. The summed E-state index contributed by atoms with van der Waals surface area (Å²) in [5, 5.41) is 0. The third-order valence-electron chi connectivity index (χ3n) is 2.48. The van der Waals surface area contributed by atoms with Crippen LogP contribution in [0.1, 0.15) is 17.8 Å². The fraction of sp³-hybridized carbons (Fsp3) is 0.600. The quantitative estimate of drug-likeness (QED) is 0.709. The maximum absolute atomic E-state index is 5.84. The first-order valence-corrected chi connectivity index (χ1v) is 4.98. The van der Waals surface area contributed by atoms with Crippen molar-refractivity contribution in [1.82, 2.24) is 9.97 Å². The zero-order valence-corrected chi connectivity index (χ0v) is 8.70. The molecule has 14 heavy (non-hydrogen) atoms. The molecule has 0 amide bonds. The van der Waals surface area contributed by atoms with Gasteiger partial charge in [-0.25, -0.2) is 9.97 Å². The van der Waals surface area contributed by atoms with Gasteiger partial charge in [0.25, 0.3) is 0 Å². The number of rotatable bonds is 1. The van der Waals surface area contributed by atoms with Crippen LogP contribution in [-0.2, 0) is 0 Å². The van der Waals surface area contributed by atoms with Crippen LogP contribution >= 0.6 is 0 Å². The Bertz CT molecular complexity index is 317. The molecule has 1 saturated heterocycles. The van der Waals surface area contributed by atoms with Crippen LogP contribution < -0.4 is 10.6 Å². The van der Waals surface area contributed by atoms with Crippen molar-refractivity contribution in [2.24, 2.45) is 5.73 Å². The normalized spacial score (nSPS) is 21.6. The average Bonchev–Trinajstić information content (AvgIpc) is 2.50. The largest absolute Gasteiger partial charge is 0.339 e. The summed E-state index contributed by atoms with van der Waals surface area (Å²) in [6.07, 6.45) is 1.04. The number of aryl methyl sites for hydroxylation is 2. The predicted molar refractivity (Wildman–Crippen MR) is 56.3 cm³/mol. The zero-order valence-electron chi connectivity index (χ0n) is 8.70. The molecule has 0 spiro atoms. The highest BCUT2D eigenvalue weighted by Gasteiger charge is 2.21. The Morgan fingerprint density at radius 2 is 2.00 bits per heavy atom. The van der Waals surface area contributed by atoms with E-state index in [1.807, 2.05) is 19.9 Å². The Labute approximate surface area is 84.2 Å². The fourth-order valence-corrected chi connectivity index (χ4v) is 1.82. The summed E-state index contributed by atoms with van der Waals surface area (Å²) < 4.78 is 0. The fourth-order valence-electron chi connectivity index (χ4n) is 1.82. The lowest BCUT2D eigenvalue weighted by Crippen LogP contribution is -2.27. The van der Waals surface area contributed by atoms with Crippen LogP contribution in [-0.4, -0.2) is 29.1 Å². The molecule has 4 heteroatoms. The maximum atomic E-state index is 5.84. The SMILES string of the molecule is Cc1cc(C)nc(N2CC[C@H](N)C2)n1. The van der Waals surface area contributed by atoms with Crippen molar-refractivity contribution >= 4 is 5.95 Å². The first-order valence-electron chi connectivity index (χ1n) is 4.98. The lowest BCUT2D eigenvalue weighted by Gasteiger charge is -2.16. The summed E-state index contributed by atoms with van der Waals surface area (Å²) in [7, 11) is 0. The van der Waals surface area contributed by atoms with Crippen LogP contribution in [0.3, 0.4) is 0 Å². The molecule has 76 valence electrons. The van der Waals surface area contributed by atoms with E-state index < -0.39 is 0 Å². The van der Waals surface area contributed by atoms with Crippen LogP contribution in [0.15, 0.2) is 6.07 Å². The minimum absolute atomic E-state index is 0.277. The van der Waals surface area contributed by atoms with Crippen molar-refractivity contribution in [3.8, 4) is 0 Å². The van der Waals surface area contributed by atoms with Gasteiger partial charge in [-0.15, -0.1) is 0 Å². The topological polar surface area (TPSA) is 55.0 Å². The lowest BCUT2D eigenvalue weighted by molar-refractivity contribution is 0.749. The van der Waals surface area contributed by atoms with Gasteiger partial charge in [-0.05, 0) is 26.3 Å². The average molecular weight is 192 g/mol. The van der Waals surface area contributed by atoms with Gasteiger partial charge in [0.15, 0.2) is 0 Å². The van der Waals surface area contributed by atoms with Crippen molar-refractivity contribution in [2.75, 3.05) is 18.0 Å². The zero-order chi connectivity index (χ0) is 10.1. The maximum Gasteiger partial charge on any atom is 0.225 e. The van der Waals surface area contributed by atoms with Crippen molar-refractivity contribution in [2.45, 2.75) is 26.3 Å². The molecule has 1 aromatic heterocycles. The highest BCUT2D eigenvalue weighted by molar-refractivity contribution is 5.34. The second-order valence-electron chi connectivity index (χ2n) is 3.95. The Morgan fingerprint density at radius 3 is 2.50 bits per heavy atom. The minimum Gasteiger partial charge on any atom is -0.339 e. The molecule has 0 bridgehead atoms. The summed E-state index contributed by atoms with van der Waals surface area (Å²) >= 11 is 0. The Balaban J connectivity index is 2.23. The van der Waals surface area contributed by atoms with Gasteiger partial charge in [0, 0.05) is 30.5 Å². The van der Waals surface area contributed by atoms with Crippen LogP contribution in [0.4, 0.5) is 5.95 Å². The third-order valence-corrected chi connectivity index (χ3v) is 2.48. The molecule has 1 atom stereocenters. The molecule has 2 N–H and O–H groups in total. The molecule has 1 aliphatic heterocycles. The molecule has 1 aromatic rings. The van der Waals surface area contributed by atoms with E-state index in [1.54, 1.807) is 0 Å². The van der Waals surface area contributed by atoms with E-state index in [2.05, 4.69) is 14.9 Å². The van der Waals surface area contributed by atoms with Gasteiger partial charge >= 0.3 is 0 Å². The molecule has 0 aliphatic carbocycles. The molecular weight excluding hydrogens is 176 g/mol. The van der Waals surface area contributed by atoms with Gasteiger partial charge in [0.2, 0.25) is 5.95 Å². The van der Waals surface area contributed by atoms with Crippen LogP contribution in [0.25, 0.3) is 0 Å². The van der Waals surface area contributed by atoms with E-state index in [4.69, 9.17) is 5.73 Å². The molecule has 4 nitrogen and oxygen atoms in total. The highest BCUT2D eigenvalue weighted by Crippen LogP contribution is 2.15.